The zero-order valence-electron chi connectivity index (χ0n) is 19.7. The summed E-state index contributed by atoms with van der Waals surface area (Å²) < 4.78 is 62.7. The number of ether oxygens (including phenoxy) is 1. The molecule has 1 amide bonds. The molecular formula is C26H29BrF4N2O2. The Morgan fingerprint density at radius 2 is 1.77 bits per heavy atom. The minimum Gasteiger partial charge on any atom is -0.356 e. The van der Waals surface area contributed by atoms with Gasteiger partial charge in [-0.3, -0.25) is 4.79 Å². The Bertz CT molecular complexity index is 1050. The Morgan fingerprint density at radius 1 is 1.11 bits per heavy atom. The molecule has 2 fully saturated rings. The monoisotopic (exact) mass is 556 g/mol. The molecule has 2 aliphatic heterocycles. The van der Waals surface area contributed by atoms with Crippen molar-refractivity contribution in [3.05, 3.63) is 69.4 Å². The van der Waals surface area contributed by atoms with E-state index >= 15 is 0 Å². The van der Waals surface area contributed by atoms with E-state index in [-0.39, 0.29) is 35.8 Å². The molecule has 35 heavy (non-hydrogen) atoms. The van der Waals surface area contributed by atoms with Crippen molar-refractivity contribution >= 4 is 21.8 Å². The highest BCUT2D eigenvalue weighted by Crippen LogP contribution is 2.50. The normalized spacial score (nSPS) is 22.1. The molecule has 1 N–H and O–H groups in total. The summed E-state index contributed by atoms with van der Waals surface area (Å²) in [6.45, 7) is 3.58. The number of piperidine rings is 2. The molecule has 1 spiro atoms. The van der Waals surface area contributed by atoms with Gasteiger partial charge in [0.05, 0.1) is 0 Å². The minimum absolute atomic E-state index is 0.0941. The molecule has 0 bridgehead atoms. The van der Waals surface area contributed by atoms with Crippen LogP contribution in [-0.4, -0.2) is 50.3 Å². The second-order valence-corrected chi connectivity index (χ2v) is 10.5. The number of likely N-dealkylation sites (tertiary alicyclic amines) is 1. The van der Waals surface area contributed by atoms with Gasteiger partial charge in [0, 0.05) is 42.7 Å². The van der Waals surface area contributed by atoms with Gasteiger partial charge in [-0.1, -0.05) is 34.1 Å². The molecule has 0 unspecified atom stereocenters. The van der Waals surface area contributed by atoms with Crippen molar-refractivity contribution < 1.29 is 27.1 Å². The van der Waals surface area contributed by atoms with Crippen molar-refractivity contribution in [1.82, 2.24) is 10.2 Å². The first kappa shape index (κ1) is 26.1. The lowest BCUT2D eigenvalue weighted by molar-refractivity contribution is -0.271. The molecule has 190 valence electrons. The quantitative estimate of drug-likeness (QED) is 0.492. The van der Waals surface area contributed by atoms with Gasteiger partial charge in [0.25, 0.3) is 11.5 Å². The van der Waals surface area contributed by atoms with Crippen LogP contribution in [0.1, 0.15) is 41.9 Å². The second kappa shape index (κ2) is 9.82. The first-order valence-electron chi connectivity index (χ1n) is 11.7. The van der Waals surface area contributed by atoms with Crippen LogP contribution in [-0.2, 0) is 15.1 Å². The highest BCUT2D eigenvalue weighted by Gasteiger charge is 2.64. The van der Waals surface area contributed by atoms with Gasteiger partial charge in [-0.2, -0.15) is 13.2 Å². The van der Waals surface area contributed by atoms with E-state index in [0.29, 0.717) is 29.4 Å². The Hall–Kier alpha value is -1.97. The van der Waals surface area contributed by atoms with Gasteiger partial charge in [0.15, 0.2) is 0 Å². The summed E-state index contributed by atoms with van der Waals surface area (Å²) in [7, 11) is 0.935. The first-order valence-corrected chi connectivity index (χ1v) is 12.5. The average molecular weight is 557 g/mol. The number of nitrogens with one attached hydrogen (secondary N) is 1. The van der Waals surface area contributed by atoms with E-state index in [2.05, 4.69) is 21.2 Å². The summed E-state index contributed by atoms with van der Waals surface area (Å²) in [5, 5.41) is 3.39. The zero-order valence-corrected chi connectivity index (χ0v) is 21.3. The molecule has 0 radical (unpaired) electrons. The van der Waals surface area contributed by atoms with Crippen LogP contribution in [0.25, 0.3) is 0 Å². The molecule has 0 aliphatic carbocycles. The maximum Gasteiger partial charge on any atom is 0.430 e. The van der Waals surface area contributed by atoms with E-state index in [9.17, 15) is 22.4 Å². The lowest BCUT2D eigenvalue weighted by Crippen LogP contribution is -2.59. The van der Waals surface area contributed by atoms with E-state index in [1.54, 1.807) is 25.1 Å². The number of methoxy groups -OCH3 is 1. The van der Waals surface area contributed by atoms with Crippen LogP contribution in [0, 0.1) is 18.2 Å². The number of hydrogen-bond acceptors (Lipinski definition) is 3. The molecule has 2 saturated heterocycles. The van der Waals surface area contributed by atoms with Gasteiger partial charge >= 0.3 is 6.18 Å². The minimum atomic E-state index is -4.95. The number of alkyl halides is 3. The van der Waals surface area contributed by atoms with Gasteiger partial charge < -0.3 is 15.0 Å². The molecule has 2 heterocycles. The Kier molecular flexibility index (Phi) is 7.33. The smallest absolute Gasteiger partial charge is 0.356 e. The molecule has 2 aromatic carbocycles. The van der Waals surface area contributed by atoms with Gasteiger partial charge in [-0.25, -0.2) is 4.39 Å². The highest BCUT2D eigenvalue weighted by molar-refractivity contribution is 9.10. The third-order valence-corrected chi connectivity index (χ3v) is 8.12. The van der Waals surface area contributed by atoms with Crippen LogP contribution >= 0.6 is 15.9 Å². The van der Waals surface area contributed by atoms with Crippen molar-refractivity contribution in [2.75, 3.05) is 33.3 Å². The predicted molar refractivity (Wildman–Crippen MR) is 128 cm³/mol. The summed E-state index contributed by atoms with van der Waals surface area (Å²) in [5.74, 6) is -1.30. The van der Waals surface area contributed by atoms with Crippen molar-refractivity contribution in [3.63, 3.8) is 0 Å². The van der Waals surface area contributed by atoms with E-state index in [4.69, 9.17) is 4.74 Å². The van der Waals surface area contributed by atoms with E-state index in [1.165, 1.54) is 29.2 Å². The number of hydrogen-bond donors (Lipinski definition) is 1. The fraction of sp³-hybridized carbons (Fsp3) is 0.500. The van der Waals surface area contributed by atoms with E-state index in [1.807, 2.05) is 0 Å². The Balaban J connectivity index is 1.62. The molecular weight excluding hydrogens is 528 g/mol. The summed E-state index contributed by atoms with van der Waals surface area (Å²) >= 11 is 3.25. The van der Waals surface area contributed by atoms with Crippen LogP contribution in [0.3, 0.4) is 0 Å². The van der Waals surface area contributed by atoms with Gasteiger partial charge in [0.1, 0.15) is 5.82 Å². The topological polar surface area (TPSA) is 41.6 Å². The summed E-state index contributed by atoms with van der Waals surface area (Å²) in [4.78, 5) is 14.9. The number of nitrogens with zero attached hydrogens (tertiary/aromatic N) is 1. The lowest BCUT2D eigenvalue weighted by Gasteiger charge is -2.50. The summed E-state index contributed by atoms with van der Waals surface area (Å²) in [5.41, 5.74) is -1.90. The van der Waals surface area contributed by atoms with Crippen LogP contribution in [0.4, 0.5) is 17.6 Å². The average Bonchev–Trinajstić information content (AvgIpc) is 2.80. The molecule has 0 aromatic heterocycles. The maximum atomic E-state index is 14.6. The Morgan fingerprint density at radius 3 is 2.34 bits per heavy atom. The van der Waals surface area contributed by atoms with Crippen molar-refractivity contribution in [1.29, 1.82) is 0 Å². The van der Waals surface area contributed by atoms with Crippen LogP contribution < -0.4 is 5.32 Å². The molecule has 2 aromatic rings. The number of halogens is 5. The summed E-state index contributed by atoms with van der Waals surface area (Å²) in [6, 6.07) is 10.8. The van der Waals surface area contributed by atoms with Crippen molar-refractivity contribution in [2.24, 2.45) is 5.41 Å². The lowest BCUT2D eigenvalue weighted by atomic mass is 9.62. The standard InChI is InChI=1S/C26H29BrF4N2O2/c1-17-13-19(15-20(27)14-17)25(35-2,26(29,30)31)23(34)33-11-8-24(9-12-33)7-10-32-16-22(24)18-3-5-21(28)6-4-18/h3-6,13-15,22,32H,7-12,16H2,1-2H3/t22-,25-/m0/s1. The fourth-order valence-electron chi connectivity index (χ4n) is 5.79. The van der Waals surface area contributed by atoms with Gasteiger partial charge in [-0.15, -0.1) is 0 Å². The van der Waals surface area contributed by atoms with E-state index < -0.39 is 17.7 Å². The Labute approximate surface area is 211 Å². The number of aryl methyl sites for hydroxylation is 1. The predicted octanol–water partition coefficient (Wildman–Crippen LogP) is 5.69. The number of carbonyl (C=O) groups excluding carboxylic acids is 1. The van der Waals surface area contributed by atoms with E-state index in [0.717, 1.165) is 25.6 Å². The largest absolute Gasteiger partial charge is 0.430 e. The molecule has 2 aliphatic rings. The van der Waals surface area contributed by atoms with Crippen molar-refractivity contribution in [2.45, 2.75) is 43.9 Å². The molecule has 4 nitrogen and oxygen atoms in total. The fourth-order valence-corrected chi connectivity index (χ4v) is 6.39. The summed E-state index contributed by atoms with van der Waals surface area (Å²) in [6.07, 6.45) is -2.97. The highest BCUT2D eigenvalue weighted by atomic mass is 79.9. The number of amides is 1. The van der Waals surface area contributed by atoms with Gasteiger partial charge in [0.2, 0.25) is 0 Å². The van der Waals surface area contributed by atoms with Crippen LogP contribution in [0.15, 0.2) is 46.9 Å². The molecule has 0 saturated carbocycles. The SMILES string of the molecule is CO[C@](C(=O)N1CCC2(CCNC[C@H]2c2ccc(F)cc2)CC1)(c1cc(C)cc(Br)c1)C(F)(F)F. The van der Waals surface area contributed by atoms with Crippen LogP contribution in [0.5, 0.6) is 0 Å². The first-order chi connectivity index (χ1) is 16.5. The third kappa shape index (κ3) is 4.74. The molecule has 2 atom stereocenters. The molecule has 4 rings (SSSR count). The number of carbonyl (C=O) groups is 1. The van der Waals surface area contributed by atoms with Crippen LogP contribution in [0.2, 0.25) is 0 Å². The second-order valence-electron chi connectivity index (χ2n) is 9.61. The number of rotatable bonds is 4. The zero-order chi connectivity index (χ0) is 25.4. The maximum absolute atomic E-state index is 14.6. The van der Waals surface area contributed by atoms with Gasteiger partial charge in [-0.05, 0) is 73.5 Å². The number of benzene rings is 2. The van der Waals surface area contributed by atoms with Crippen molar-refractivity contribution in [3.8, 4) is 0 Å². The molecule has 9 heteroatoms. The third-order valence-electron chi connectivity index (χ3n) is 7.66.